The summed E-state index contributed by atoms with van der Waals surface area (Å²) in [6.07, 6.45) is 1.69. The lowest BCUT2D eigenvalue weighted by molar-refractivity contribution is -0.121. The molecule has 0 aromatic heterocycles. The Bertz CT molecular complexity index is 542. The van der Waals surface area contributed by atoms with Crippen molar-refractivity contribution in [3.63, 3.8) is 0 Å². The summed E-state index contributed by atoms with van der Waals surface area (Å²) in [4.78, 5) is 26.0. The third-order valence-electron chi connectivity index (χ3n) is 3.92. The minimum Gasteiger partial charge on any atom is -0.354 e. The summed E-state index contributed by atoms with van der Waals surface area (Å²) in [5.74, 6) is -0.0804. The van der Waals surface area contributed by atoms with Crippen molar-refractivity contribution in [3.8, 4) is 0 Å². The second-order valence-corrected chi connectivity index (χ2v) is 5.30. The predicted molar refractivity (Wildman–Crippen MR) is 75.4 cm³/mol. The van der Waals surface area contributed by atoms with Crippen molar-refractivity contribution in [2.24, 2.45) is 0 Å². The zero-order valence-corrected chi connectivity index (χ0v) is 11.4. The first-order valence-electron chi connectivity index (χ1n) is 7.13. The molecule has 5 heteroatoms. The molecule has 0 unspecified atom stereocenters. The van der Waals surface area contributed by atoms with Gasteiger partial charge in [-0.1, -0.05) is 12.1 Å². The van der Waals surface area contributed by atoms with Crippen LogP contribution in [0.3, 0.4) is 0 Å². The summed E-state index contributed by atoms with van der Waals surface area (Å²) in [6, 6.07) is 5.87. The van der Waals surface area contributed by atoms with E-state index in [-0.39, 0.29) is 18.4 Å². The lowest BCUT2D eigenvalue weighted by Gasteiger charge is -2.24. The molecule has 2 amide bonds. The van der Waals surface area contributed by atoms with Crippen LogP contribution in [0.15, 0.2) is 18.2 Å². The summed E-state index contributed by atoms with van der Waals surface area (Å²) >= 11 is 0. The first-order valence-corrected chi connectivity index (χ1v) is 7.13. The molecular weight excluding hydrogens is 254 g/mol. The van der Waals surface area contributed by atoms with Crippen molar-refractivity contribution in [2.75, 3.05) is 26.2 Å². The maximum atomic E-state index is 12.7. The smallest absolute Gasteiger partial charge is 0.254 e. The lowest BCUT2D eigenvalue weighted by atomic mass is 9.94. The van der Waals surface area contributed by atoms with Crippen molar-refractivity contribution in [2.45, 2.75) is 19.4 Å². The standard InChI is InChI=1S/C15H19N3O2/c19-14-10-18(8-2-6-17-14)15(20)13-4-1-3-11-9-16-7-5-12(11)13/h1,3-4,16H,2,5-10H2,(H,17,19). The molecule has 0 aliphatic carbocycles. The number of hydrogen-bond acceptors (Lipinski definition) is 3. The molecule has 0 atom stereocenters. The van der Waals surface area contributed by atoms with Crippen LogP contribution in [0.5, 0.6) is 0 Å². The molecule has 2 N–H and O–H groups in total. The van der Waals surface area contributed by atoms with Crippen molar-refractivity contribution < 1.29 is 9.59 Å². The van der Waals surface area contributed by atoms with E-state index in [1.807, 2.05) is 12.1 Å². The fourth-order valence-electron chi connectivity index (χ4n) is 2.88. The van der Waals surface area contributed by atoms with E-state index >= 15 is 0 Å². The van der Waals surface area contributed by atoms with Crippen LogP contribution in [-0.2, 0) is 17.8 Å². The first kappa shape index (κ1) is 13.1. The normalized spacial score (nSPS) is 19.0. The summed E-state index contributed by atoms with van der Waals surface area (Å²) in [6.45, 7) is 3.17. The van der Waals surface area contributed by atoms with Gasteiger partial charge in [0.1, 0.15) is 0 Å². The summed E-state index contributed by atoms with van der Waals surface area (Å²) < 4.78 is 0. The Morgan fingerprint density at radius 1 is 1.25 bits per heavy atom. The molecule has 2 aliphatic rings. The topological polar surface area (TPSA) is 61.4 Å². The molecule has 2 aliphatic heterocycles. The summed E-state index contributed by atoms with van der Waals surface area (Å²) in [7, 11) is 0. The Balaban J connectivity index is 1.88. The highest BCUT2D eigenvalue weighted by Gasteiger charge is 2.24. The van der Waals surface area contributed by atoms with E-state index in [1.165, 1.54) is 5.56 Å². The van der Waals surface area contributed by atoms with E-state index in [2.05, 4.69) is 16.7 Å². The van der Waals surface area contributed by atoms with Crippen LogP contribution in [0.4, 0.5) is 0 Å². The van der Waals surface area contributed by atoms with Gasteiger partial charge in [-0.05, 0) is 36.6 Å². The molecule has 1 aromatic carbocycles. The van der Waals surface area contributed by atoms with Crippen LogP contribution >= 0.6 is 0 Å². The van der Waals surface area contributed by atoms with Gasteiger partial charge in [-0.3, -0.25) is 9.59 Å². The predicted octanol–water partition coefficient (Wildman–Crippen LogP) is 0.294. The molecule has 0 bridgehead atoms. The Morgan fingerprint density at radius 3 is 3.05 bits per heavy atom. The van der Waals surface area contributed by atoms with E-state index in [1.54, 1.807) is 4.90 Å². The van der Waals surface area contributed by atoms with E-state index in [4.69, 9.17) is 0 Å². The van der Waals surface area contributed by atoms with Crippen LogP contribution in [0.2, 0.25) is 0 Å². The van der Waals surface area contributed by atoms with E-state index in [0.717, 1.165) is 37.1 Å². The molecule has 0 radical (unpaired) electrons. The fourth-order valence-corrected chi connectivity index (χ4v) is 2.88. The molecule has 1 saturated heterocycles. The fraction of sp³-hybridized carbons (Fsp3) is 0.467. The van der Waals surface area contributed by atoms with Gasteiger partial charge in [-0.15, -0.1) is 0 Å². The highest BCUT2D eigenvalue weighted by atomic mass is 16.2. The third kappa shape index (κ3) is 2.54. The van der Waals surface area contributed by atoms with Crippen molar-refractivity contribution in [1.82, 2.24) is 15.5 Å². The van der Waals surface area contributed by atoms with Gasteiger partial charge in [0, 0.05) is 25.2 Å². The van der Waals surface area contributed by atoms with Crippen LogP contribution in [0, 0.1) is 0 Å². The van der Waals surface area contributed by atoms with Gasteiger partial charge in [0.2, 0.25) is 5.91 Å². The SMILES string of the molecule is O=C1CN(C(=O)c2cccc3c2CCNC3)CCCN1. The van der Waals surface area contributed by atoms with E-state index < -0.39 is 0 Å². The van der Waals surface area contributed by atoms with Crippen LogP contribution < -0.4 is 10.6 Å². The second kappa shape index (κ2) is 5.63. The number of nitrogens with zero attached hydrogens (tertiary/aromatic N) is 1. The van der Waals surface area contributed by atoms with Crippen molar-refractivity contribution in [3.05, 3.63) is 34.9 Å². The highest BCUT2D eigenvalue weighted by molar-refractivity contribution is 5.98. The maximum Gasteiger partial charge on any atom is 0.254 e. The number of carbonyl (C=O) groups excluding carboxylic acids is 2. The Labute approximate surface area is 118 Å². The number of hydrogen-bond donors (Lipinski definition) is 2. The molecule has 1 aromatic rings. The summed E-state index contributed by atoms with van der Waals surface area (Å²) in [5, 5.41) is 6.11. The van der Waals surface area contributed by atoms with E-state index in [9.17, 15) is 9.59 Å². The Kier molecular flexibility index (Phi) is 3.69. The highest BCUT2D eigenvalue weighted by Crippen LogP contribution is 2.20. The minimum absolute atomic E-state index is 0.0131. The van der Waals surface area contributed by atoms with Gasteiger partial charge in [-0.2, -0.15) is 0 Å². The van der Waals surface area contributed by atoms with E-state index in [0.29, 0.717) is 13.1 Å². The van der Waals surface area contributed by atoms with Crippen molar-refractivity contribution >= 4 is 11.8 Å². The molecular formula is C15H19N3O2. The summed E-state index contributed by atoms with van der Waals surface area (Å²) in [5.41, 5.74) is 3.10. The quantitative estimate of drug-likeness (QED) is 0.773. The number of amides is 2. The molecule has 1 fully saturated rings. The van der Waals surface area contributed by atoms with Gasteiger partial charge in [0.25, 0.3) is 5.91 Å². The third-order valence-corrected chi connectivity index (χ3v) is 3.92. The first-order chi connectivity index (χ1) is 9.75. The average Bonchev–Trinajstić information content (AvgIpc) is 2.70. The number of benzene rings is 1. The molecule has 3 rings (SSSR count). The molecule has 0 saturated carbocycles. The van der Waals surface area contributed by atoms with Crippen LogP contribution in [-0.4, -0.2) is 42.9 Å². The Hall–Kier alpha value is -1.88. The number of nitrogens with one attached hydrogen (secondary N) is 2. The van der Waals surface area contributed by atoms with Gasteiger partial charge in [0.05, 0.1) is 6.54 Å². The zero-order chi connectivity index (χ0) is 13.9. The largest absolute Gasteiger partial charge is 0.354 e. The van der Waals surface area contributed by atoms with Gasteiger partial charge in [0.15, 0.2) is 0 Å². The van der Waals surface area contributed by atoms with Crippen LogP contribution in [0.25, 0.3) is 0 Å². The monoisotopic (exact) mass is 273 g/mol. The van der Waals surface area contributed by atoms with Crippen LogP contribution in [0.1, 0.15) is 27.9 Å². The number of carbonyl (C=O) groups is 2. The lowest BCUT2D eigenvalue weighted by Crippen LogP contribution is -2.38. The average molecular weight is 273 g/mol. The molecule has 2 heterocycles. The number of rotatable bonds is 1. The zero-order valence-electron chi connectivity index (χ0n) is 11.4. The molecule has 20 heavy (non-hydrogen) atoms. The second-order valence-electron chi connectivity index (χ2n) is 5.30. The maximum absolute atomic E-state index is 12.7. The molecule has 5 nitrogen and oxygen atoms in total. The van der Waals surface area contributed by atoms with Gasteiger partial charge < -0.3 is 15.5 Å². The van der Waals surface area contributed by atoms with Gasteiger partial charge in [-0.25, -0.2) is 0 Å². The van der Waals surface area contributed by atoms with Gasteiger partial charge >= 0.3 is 0 Å². The van der Waals surface area contributed by atoms with Crippen molar-refractivity contribution in [1.29, 1.82) is 0 Å². The minimum atomic E-state index is -0.0673. The molecule has 0 spiro atoms. The Morgan fingerprint density at radius 2 is 2.15 bits per heavy atom. The molecule has 106 valence electrons. The number of fused-ring (bicyclic) bond motifs is 1.